The Morgan fingerprint density at radius 1 is 1.47 bits per heavy atom. The third-order valence-corrected chi connectivity index (χ3v) is 3.19. The minimum Gasteiger partial charge on any atom is -0.470 e. The van der Waals surface area contributed by atoms with E-state index in [-0.39, 0.29) is 6.23 Å². The molecule has 1 heterocycles. The van der Waals surface area contributed by atoms with Crippen LogP contribution in [0.15, 0.2) is 34.8 Å². The Morgan fingerprint density at radius 3 is 2.88 bits per heavy atom. The Kier molecular flexibility index (Phi) is 3.53. The van der Waals surface area contributed by atoms with E-state index in [1.807, 2.05) is 19.1 Å². The second-order valence-corrected chi connectivity index (χ2v) is 4.47. The van der Waals surface area contributed by atoms with Gasteiger partial charge in [0.2, 0.25) is 0 Å². The fraction of sp³-hybridized carbons (Fsp3) is 0.500. The van der Waals surface area contributed by atoms with Crippen molar-refractivity contribution in [1.82, 2.24) is 5.32 Å². The van der Waals surface area contributed by atoms with E-state index in [4.69, 9.17) is 10.00 Å². The summed E-state index contributed by atoms with van der Waals surface area (Å²) in [5.74, 6) is 1.01. The van der Waals surface area contributed by atoms with Crippen LogP contribution >= 0.6 is 0 Å². The molecule has 0 radical (unpaired) electrons. The van der Waals surface area contributed by atoms with Gasteiger partial charge in [-0.2, -0.15) is 5.26 Å². The highest BCUT2D eigenvalue weighted by Crippen LogP contribution is 2.28. The van der Waals surface area contributed by atoms with Gasteiger partial charge in [-0.3, -0.25) is 0 Å². The molecule has 1 atom stereocenters. The first-order valence-electron chi connectivity index (χ1n) is 6.17. The molecule has 90 valence electrons. The van der Waals surface area contributed by atoms with E-state index in [9.17, 15) is 0 Å². The third-order valence-electron chi connectivity index (χ3n) is 3.19. The maximum Gasteiger partial charge on any atom is 0.192 e. The van der Waals surface area contributed by atoms with Gasteiger partial charge in [-0.25, -0.2) is 0 Å². The monoisotopic (exact) mass is 230 g/mol. The van der Waals surface area contributed by atoms with Gasteiger partial charge < -0.3 is 10.1 Å². The lowest BCUT2D eigenvalue weighted by Gasteiger charge is -2.19. The highest BCUT2D eigenvalue weighted by molar-refractivity contribution is 5.34. The molecular formula is C14H18N2O. The summed E-state index contributed by atoms with van der Waals surface area (Å²) >= 11 is 0. The van der Waals surface area contributed by atoms with Crippen molar-refractivity contribution in [2.75, 3.05) is 0 Å². The first-order chi connectivity index (χ1) is 8.24. The molecule has 3 nitrogen and oxygen atoms in total. The van der Waals surface area contributed by atoms with E-state index in [0.717, 1.165) is 37.0 Å². The number of allylic oxidation sites excluding steroid dienone is 5. The summed E-state index contributed by atoms with van der Waals surface area (Å²) in [4.78, 5) is 0. The van der Waals surface area contributed by atoms with E-state index in [1.54, 1.807) is 0 Å². The van der Waals surface area contributed by atoms with Crippen molar-refractivity contribution in [1.29, 1.82) is 5.26 Å². The molecule has 0 saturated heterocycles. The lowest BCUT2D eigenvalue weighted by Crippen LogP contribution is -2.27. The van der Waals surface area contributed by atoms with Crippen LogP contribution in [-0.4, -0.2) is 6.23 Å². The fourth-order valence-electron chi connectivity index (χ4n) is 2.17. The van der Waals surface area contributed by atoms with Gasteiger partial charge in [0, 0.05) is 5.57 Å². The highest BCUT2D eigenvalue weighted by Gasteiger charge is 2.25. The molecule has 0 fully saturated rings. The Bertz CT molecular complexity index is 438. The zero-order valence-corrected chi connectivity index (χ0v) is 10.4. The van der Waals surface area contributed by atoms with Gasteiger partial charge in [-0.05, 0) is 37.8 Å². The molecule has 0 bridgehead atoms. The molecule has 0 aromatic carbocycles. The molecule has 1 aliphatic heterocycles. The smallest absolute Gasteiger partial charge is 0.192 e. The van der Waals surface area contributed by atoms with E-state index >= 15 is 0 Å². The average Bonchev–Trinajstić information content (AvgIpc) is 2.72. The van der Waals surface area contributed by atoms with Gasteiger partial charge in [0.25, 0.3) is 0 Å². The van der Waals surface area contributed by atoms with Crippen molar-refractivity contribution >= 4 is 0 Å². The summed E-state index contributed by atoms with van der Waals surface area (Å²) in [6.07, 6.45) is 7.78. The average molecular weight is 230 g/mol. The van der Waals surface area contributed by atoms with Crippen LogP contribution < -0.4 is 5.32 Å². The van der Waals surface area contributed by atoms with Crippen LogP contribution in [0.3, 0.4) is 0 Å². The molecule has 0 aromatic rings. The quantitative estimate of drug-likeness (QED) is 0.810. The largest absolute Gasteiger partial charge is 0.470 e. The summed E-state index contributed by atoms with van der Waals surface area (Å²) in [6, 6.07) is 2.20. The lowest BCUT2D eigenvalue weighted by molar-refractivity contribution is 0.156. The minimum absolute atomic E-state index is 0.0203. The van der Waals surface area contributed by atoms with Crippen LogP contribution in [0.25, 0.3) is 0 Å². The van der Waals surface area contributed by atoms with Gasteiger partial charge >= 0.3 is 0 Å². The SMILES string of the molecule is CCCC1=C(C)OC(C2=CC=C(C#N)CC2)N1. The number of hydrogen-bond donors (Lipinski definition) is 1. The molecule has 2 rings (SSSR count). The first kappa shape index (κ1) is 11.8. The summed E-state index contributed by atoms with van der Waals surface area (Å²) < 4.78 is 5.82. The number of nitrogens with one attached hydrogen (secondary N) is 1. The molecule has 0 amide bonds. The van der Waals surface area contributed by atoms with Crippen LogP contribution in [0.1, 0.15) is 39.5 Å². The topological polar surface area (TPSA) is 45.0 Å². The zero-order valence-electron chi connectivity index (χ0n) is 10.4. The van der Waals surface area contributed by atoms with E-state index in [0.29, 0.717) is 0 Å². The van der Waals surface area contributed by atoms with Crippen molar-refractivity contribution in [3.05, 3.63) is 34.8 Å². The second kappa shape index (κ2) is 5.09. The minimum atomic E-state index is -0.0203. The van der Waals surface area contributed by atoms with Crippen LogP contribution in [0.4, 0.5) is 0 Å². The Labute approximate surface area is 102 Å². The predicted molar refractivity (Wildman–Crippen MR) is 66.6 cm³/mol. The number of hydrogen-bond acceptors (Lipinski definition) is 3. The molecular weight excluding hydrogens is 212 g/mol. The standard InChI is InChI=1S/C14H18N2O/c1-3-4-13-10(2)17-14(16-13)12-7-5-11(9-15)6-8-12/h5,7,14,16H,3-4,6,8H2,1-2H3. The second-order valence-electron chi connectivity index (χ2n) is 4.47. The maximum absolute atomic E-state index is 8.79. The summed E-state index contributed by atoms with van der Waals surface area (Å²) in [6.45, 7) is 4.18. The van der Waals surface area contributed by atoms with Gasteiger partial charge in [-0.15, -0.1) is 0 Å². The Hall–Kier alpha value is -1.69. The van der Waals surface area contributed by atoms with Crippen LogP contribution in [0.5, 0.6) is 0 Å². The molecule has 2 aliphatic rings. The lowest BCUT2D eigenvalue weighted by atomic mass is 9.98. The summed E-state index contributed by atoms with van der Waals surface area (Å²) in [5.41, 5.74) is 3.30. The molecule has 0 saturated carbocycles. The normalized spacial score (nSPS) is 23.5. The maximum atomic E-state index is 8.79. The Balaban J connectivity index is 2.02. The molecule has 0 aromatic heterocycles. The van der Waals surface area contributed by atoms with E-state index in [2.05, 4.69) is 18.3 Å². The molecule has 3 heteroatoms. The van der Waals surface area contributed by atoms with E-state index < -0.39 is 0 Å². The van der Waals surface area contributed by atoms with Gasteiger partial charge in [-0.1, -0.05) is 19.4 Å². The van der Waals surface area contributed by atoms with Crippen molar-refractivity contribution in [3.63, 3.8) is 0 Å². The molecule has 0 spiro atoms. The van der Waals surface area contributed by atoms with Crippen molar-refractivity contribution in [2.45, 2.75) is 45.8 Å². The van der Waals surface area contributed by atoms with Crippen molar-refractivity contribution < 1.29 is 4.74 Å². The third kappa shape index (κ3) is 2.52. The molecule has 1 unspecified atom stereocenters. The fourth-order valence-corrected chi connectivity index (χ4v) is 2.17. The van der Waals surface area contributed by atoms with E-state index in [1.165, 1.54) is 11.3 Å². The molecule has 1 aliphatic carbocycles. The number of nitrogens with zero attached hydrogens (tertiary/aromatic N) is 1. The predicted octanol–water partition coefficient (Wildman–Crippen LogP) is 3.13. The van der Waals surface area contributed by atoms with Gasteiger partial charge in [0.1, 0.15) is 5.76 Å². The molecule has 17 heavy (non-hydrogen) atoms. The summed E-state index contributed by atoms with van der Waals surface area (Å²) in [7, 11) is 0. The van der Waals surface area contributed by atoms with Crippen LogP contribution in [-0.2, 0) is 4.74 Å². The highest BCUT2D eigenvalue weighted by atomic mass is 16.5. The van der Waals surface area contributed by atoms with Gasteiger partial charge in [0.15, 0.2) is 6.23 Å². The molecule has 1 N–H and O–H groups in total. The van der Waals surface area contributed by atoms with Crippen molar-refractivity contribution in [3.8, 4) is 6.07 Å². The zero-order chi connectivity index (χ0) is 12.3. The number of ether oxygens (including phenoxy) is 1. The number of nitriles is 1. The number of rotatable bonds is 3. The van der Waals surface area contributed by atoms with Crippen molar-refractivity contribution in [2.24, 2.45) is 0 Å². The Morgan fingerprint density at radius 2 is 2.29 bits per heavy atom. The van der Waals surface area contributed by atoms with Gasteiger partial charge in [0.05, 0.1) is 11.8 Å². The first-order valence-corrected chi connectivity index (χ1v) is 6.17. The van der Waals surface area contributed by atoms with Crippen LogP contribution in [0, 0.1) is 11.3 Å². The summed E-state index contributed by atoms with van der Waals surface area (Å²) in [5, 5.41) is 12.2. The van der Waals surface area contributed by atoms with Crippen LogP contribution in [0.2, 0.25) is 0 Å².